The lowest BCUT2D eigenvalue weighted by molar-refractivity contribution is -0.138. The minimum Gasteiger partial charge on any atom is -0.360 e. The molecule has 1 aliphatic rings. The van der Waals surface area contributed by atoms with Gasteiger partial charge >= 0.3 is 12.4 Å². The minimum atomic E-state index is -4.50. The second-order valence-electron chi connectivity index (χ2n) is 6.24. The van der Waals surface area contributed by atoms with Crippen molar-refractivity contribution < 1.29 is 26.3 Å². The summed E-state index contributed by atoms with van der Waals surface area (Å²) in [5.74, 6) is 0. The maximum Gasteiger partial charge on any atom is 0.416 e. The molecule has 148 valence electrons. The monoisotopic (exact) mass is 398 g/mol. The number of hydrogen-bond acceptors (Lipinski definition) is 2. The second-order valence-corrected chi connectivity index (χ2v) is 6.24. The van der Waals surface area contributed by atoms with Crippen molar-refractivity contribution >= 4 is 12.2 Å². The molecule has 1 fully saturated rings. The highest BCUT2D eigenvalue weighted by atomic mass is 19.4. The van der Waals surface area contributed by atoms with Gasteiger partial charge in [-0.3, -0.25) is 0 Å². The van der Waals surface area contributed by atoms with E-state index in [0.29, 0.717) is 11.4 Å². The minimum absolute atomic E-state index is 0.0174. The van der Waals surface area contributed by atoms with Crippen LogP contribution in [0.5, 0.6) is 0 Å². The molecule has 1 saturated heterocycles. The summed E-state index contributed by atoms with van der Waals surface area (Å²) in [6.45, 7) is 0.537. The number of hydrogen-bond donors (Lipinski definition) is 2. The Morgan fingerprint density at radius 1 is 0.643 bits per heavy atom. The third-order valence-electron chi connectivity index (χ3n) is 4.14. The van der Waals surface area contributed by atoms with Gasteiger partial charge in [-0.15, -0.1) is 0 Å². The number of halogens is 6. The quantitative estimate of drug-likeness (QED) is 0.671. The zero-order valence-electron chi connectivity index (χ0n) is 14.5. The molecule has 0 atom stereocenters. The van der Waals surface area contributed by atoms with Crippen LogP contribution in [0.2, 0.25) is 0 Å². The molecule has 2 nitrogen and oxygen atoms in total. The lowest BCUT2D eigenvalue weighted by Gasteiger charge is -2.23. The summed E-state index contributed by atoms with van der Waals surface area (Å²) in [5.41, 5.74) is -0.726. The first-order chi connectivity index (χ1) is 13.1. The van der Waals surface area contributed by atoms with Gasteiger partial charge in [-0.1, -0.05) is 36.4 Å². The molecule has 0 amide bonds. The van der Waals surface area contributed by atoms with Crippen LogP contribution in [-0.2, 0) is 12.4 Å². The first-order valence-corrected chi connectivity index (χ1v) is 8.36. The Balaban J connectivity index is 1.91. The zero-order valence-corrected chi connectivity index (χ0v) is 14.5. The van der Waals surface area contributed by atoms with Crippen molar-refractivity contribution in [2.75, 3.05) is 13.1 Å². The fourth-order valence-electron chi connectivity index (χ4n) is 2.94. The van der Waals surface area contributed by atoms with E-state index in [1.54, 1.807) is 0 Å². The van der Waals surface area contributed by atoms with Gasteiger partial charge in [-0.05, 0) is 35.4 Å². The first kappa shape index (κ1) is 20.0. The number of benzene rings is 2. The predicted octanol–water partition coefficient (Wildman–Crippen LogP) is 5.30. The fourth-order valence-corrected chi connectivity index (χ4v) is 2.94. The molecular formula is C20H16F6N2. The smallest absolute Gasteiger partial charge is 0.360 e. The Kier molecular flexibility index (Phi) is 5.51. The van der Waals surface area contributed by atoms with Crippen LogP contribution in [0.3, 0.4) is 0 Å². The highest BCUT2D eigenvalue weighted by molar-refractivity contribution is 5.62. The Morgan fingerprint density at radius 3 is 1.43 bits per heavy atom. The van der Waals surface area contributed by atoms with Crippen LogP contribution in [0.25, 0.3) is 12.2 Å². The summed E-state index contributed by atoms with van der Waals surface area (Å²) in [6, 6.07) is 10.2. The van der Waals surface area contributed by atoms with Crippen molar-refractivity contribution in [1.29, 1.82) is 0 Å². The predicted molar refractivity (Wildman–Crippen MR) is 94.8 cm³/mol. The molecule has 1 heterocycles. The van der Waals surface area contributed by atoms with E-state index in [0.717, 1.165) is 12.1 Å². The van der Waals surface area contributed by atoms with Gasteiger partial charge in [0.05, 0.1) is 11.1 Å². The molecule has 0 aliphatic carbocycles. The van der Waals surface area contributed by atoms with Gasteiger partial charge in [0, 0.05) is 24.5 Å². The third kappa shape index (κ3) is 4.75. The summed E-state index contributed by atoms with van der Waals surface area (Å²) < 4.78 is 78.8. The highest BCUT2D eigenvalue weighted by Gasteiger charge is 2.33. The van der Waals surface area contributed by atoms with Crippen LogP contribution >= 0.6 is 0 Å². The lowest BCUT2D eigenvalue weighted by Crippen LogP contribution is -2.36. The molecule has 0 spiro atoms. The second kappa shape index (κ2) is 7.71. The van der Waals surface area contributed by atoms with Gasteiger partial charge in [0.1, 0.15) is 0 Å². The highest BCUT2D eigenvalue weighted by Crippen LogP contribution is 2.34. The van der Waals surface area contributed by atoms with Crippen molar-refractivity contribution in [2.45, 2.75) is 12.4 Å². The molecule has 28 heavy (non-hydrogen) atoms. The molecule has 2 aromatic carbocycles. The normalized spacial score (nSPS) is 18.4. The zero-order chi connectivity index (χ0) is 20.4. The number of nitrogens with one attached hydrogen (secondary N) is 2. The van der Waals surface area contributed by atoms with E-state index in [9.17, 15) is 26.3 Å². The van der Waals surface area contributed by atoms with Gasteiger partial charge in [0.15, 0.2) is 0 Å². The SMILES string of the molecule is FC(F)(F)c1ccccc1C=C1CNCC(=Cc2ccccc2C(F)(F)F)N1. The van der Waals surface area contributed by atoms with E-state index in [-0.39, 0.29) is 24.2 Å². The van der Waals surface area contributed by atoms with Crippen LogP contribution in [0.15, 0.2) is 59.9 Å². The van der Waals surface area contributed by atoms with Gasteiger partial charge in [0.25, 0.3) is 0 Å². The van der Waals surface area contributed by atoms with Gasteiger partial charge in [-0.2, -0.15) is 26.3 Å². The van der Waals surface area contributed by atoms with Crippen molar-refractivity contribution in [2.24, 2.45) is 0 Å². The summed E-state index contributed by atoms with van der Waals surface area (Å²) in [4.78, 5) is 0. The number of alkyl halides is 6. The summed E-state index contributed by atoms with van der Waals surface area (Å²) in [5, 5.41) is 5.91. The van der Waals surface area contributed by atoms with Gasteiger partial charge in [-0.25, -0.2) is 0 Å². The average molecular weight is 398 g/mol. The maximum absolute atomic E-state index is 13.1. The van der Waals surface area contributed by atoms with Crippen LogP contribution < -0.4 is 10.6 Å². The largest absolute Gasteiger partial charge is 0.416 e. The van der Waals surface area contributed by atoms with Crippen LogP contribution in [0, 0.1) is 0 Å². The average Bonchev–Trinajstić information content (AvgIpc) is 2.61. The molecular weight excluding hydrogens is 382 g/mol. The lowest BCUT2D eigenvalue weighted by atomic mass is 10.0. The third-order valence-corrected chi connectivity index (χ3v) is 4.14. The van der Waals surface area contributed by atoms with Crippen molar-refractivity contribution in [1.82, 2.24) is 10.6 Å². The Bertz CT molecular complexity index is 836. The molecule has 0 aromatic heterocycles. The molecule has 3 rings (SSSR count). The Morgan fingerprint density at radius 2 is 1.04 bits per heavy atom. The van der Waals surface area contributed by atoms with Crippen LogP contribution in [0.4, 0.5) is 26.3 Å². The van der Waals surface area contributed by atoms with Crippen molar-refractivity contribution in [3.05, 3.63) is 82.2 Å². The molecule has 2 N–H and O–H groups in total. The number of piperazine rings is 1. The van der Waals surface area contributed by atoms with E-state index in [1.165, 1.54) is 48.6 Å². The van der Waals surface area contributed by atoms with Crippen molar-refractivity contribution in [3.8, 4) is 0 Å². The summed E-state index contributed by atoms with van der Waals surface area (Å²) in [6.07, 6.45) is -6.31. The van der Waals surface area contributed by atoms with Gasteiger partial charge < -0.3 is 10.6 Å². The van der Waals surface area contributed by atoms with Crippen LogP contribution in [-0.4, -0.2) is 13.1 Å². The molecule has 0 unspecified atom stereocenters. The van der Waals surface area contributed by atoms with E-state index >= 15 is 0 Å². The molecule has 0 saturated carbocycles. The molecule has 0 bridgehead atoms. The van der Waals surface area contributed by atoms with E-state index < -0.39 is 23.5 Å². The van der Waals surface area contributed by atoms with E-state index in [1.807, 2.05) is 0 Å². The maximum atomic E-state index is 13.1. The first-order valence-electron chi connectivity index (χ1n) is 8.36. The van der Waals surface area contributed by atoms with Gasteiger partial charge in [0.2, 0.25) is 0 Å². The topological polar surface area (TPSA) is 24.1 Å². The standard InChI is InChI=1S/C20H16F6N2/c21-19(22,23)17-7-3-1-5-13(17)9-15-11-27-12-16(28-15)10-14-6-2-4-8-18(14)20(24,25)26/h1-10,27-28H,11-12H2. The molecule has 1 aliphatic heterocycles. The fraction of sp³-hybridized carbons (Fsp3) is 0.200. The van der Waals surface area contributed by atoms with E-state index in [2.05, 4.69) is 10.6 Å². The summed E-state index contributed by atoms with van der Waals surface area (Å²) in [7, 11) is 0. The Hall–Kier alpha value is -2.74. The van der Waals surface area contributed by atoms with E-state index in [4.69, 9.17) is 0 Å². The number of rotatable bonds is 2. The molecule has 2 aromatic rings. The molecule has 0 radical (unpaired) electrons. The molecule has 8 heteroatoms. The van der Waals surface area contributed by atoms with Crippen LogP contribution in [0.1, 0.15) is 22.3 Å². The summed E-state index contributed by atoms with van der Waals surface area (Å²) >= 11 is 0. The van der Waals surface area contributed by atoms with Crippen molar-refractivity contribution in [3.63, 3.8) is 0 Å². The Labute approximate surface area is 157 Å².